The zero-order chi connectivity index (χ0) is 15.2. The summed E-state index contributed by atoms with van der Waals surface area (Å²) >= 11 is 0. The molecule has 3 atom stereocenters. The number of hydrogen-bond acceptors (Lipinski definition) is 3. The fourth-order valence-corrected chi connectivity index (χ4v) is 3.29. The molecule has 1 aliphatic heterocycles. The summed E-state index contributed by atoms with van der Waals surface area (Å²) in [5.74, 6) is 0.640. The van der Waals surface area contributed by atoms with Crippen LogP contribution in [-0.4, -0.2) is 37.7 Å². The Labute approximate surface area is 129 Å². The molecule has 1 fully saturated rings. The van der Waals surface area contributed by atoms with Gasteiger partial charge in [-0.2, -0.15) is 0 Å². The summed E-state index contributed by atoms with van der Waals surface area (Å²) in [5, 5.41) is 0. The summed E-state index contributed by atoms with van der Waals surface area (Å²) in [6, 6.07) is 9.27. The lowest BCUT2D eigenvalue weighted by Crippen LogP contribution is -2.42. The lowest BCUT2D eigenvalue weighted by molar-refractivity contribution is 0.0338. The molecule has 0 aromatic heterocycles. The first-order valence-electron chi connectivity index (χ1n) is 8.22. The highest BCUT2D eigenvalue weighted by molar-refractivity contribution is 5.25. The minimum Gasteiger partial charge on any atom is -0.381 e. The maximum absolute atomic E-state index is 6.42. The Morgan fingerprint density at radius 3 is 2.62 bits per heavy atom. The first kappa shape index (κ1) is 16.5. The molecule has 0 radical (unpaired) electrons. The molecule has 0 bridgehead atoms. The lowest BCUT2D eigenvalue weighted by Gasteiger charge is -2.36. The number of nitrogens with two attached hydrogens (primary N) is 1. The molecule has 118 valence electrons. The zero-order valence-electron chi connectivity index (χ0n) is 13.7. The number of benzene rings is 1. The van der Waals surface area contributed by atoms with E-state index in [0.29, 0.717) is 5.92 Å². The average Bonchev–Trinajstić information content (AvgIpc) is 2.50. The van der Waals surface area contributed by atoms with E-state index in [1.54, 1.807) is 0 Å². The highest BCUT2D eigenvalue weighted by atomic mass is 16.5. The molecule has 3 nitrogen and oxygen atoms in total. The number of hydrogen-bond donors (Lipinski definition) is 1. The van der Waals surface area contributed by atoms with Gasteiger partial charge in [0.1, 0.15) is 0 Å². The van der Waals surface area contributed by atoms with Gasteiger partial charge in [0.05, 0.1) is 6.61 Å². The second-order valence-electron chi connectivity index (χ2n) is 6.45. The highest BCUT2D eigenvalue weighted by Gasteiger charge is 2.26. The van der Waals surface area contributed by atoms with E-state index < -0.39 is 0 Å². The van der Waals surface area contributed by atoms with Crippen molar-refractivity contribution in [1.29, 1.82) is 0 Å². The maximum atomic E-state index is 6.42. The van der Waals surface area contributed by atoms with E-state index in [4.69, 9.17) is 10.5 Å². The van der Waals surface area contributed by atoms with Crippen LogP contribution < -0.4 is 5.73 Å². The summed E-state index contributed by atoms with van der Waals surface area (Å²) in [6.45, 7) is 7.18. The second-order valence-corrected chi connectivity index (χ2v) is 6.45. The Kier molecular flexibility index (Phi) is 6.22. The normalized spacial score (nSPS) is 22.2. The van der Waals surface area contributed by atoms with Crippen molar-refractivity contribution < 1.29 is 4.74 Å². The van der Waals surface area contributed by atoms with Crippen LogP contribution in [0, 0.1) is 12.8 Å². The first-order chi connectivity index (χ1) is 10.1. The molecule has 3 unspecified atom stereocenters. The Morgan fingerprint density at radius 1 is 1.33 bits per heavy atom. The van der Waals surface area contributed by atoms with Gasteiger partial charge in [0.2, 0.25) is 0 Å². The Bertz CT molecular complexity index is 412. The topological polar surface area (TPSA) is 38.5 Å². The van der Waals surface area contributed by atoms with Crippen LogP contribution >= 0.6 is 0 Å². The first-order valence-corrected chi connectivity index (χ1v) is 8.22. The summed E-state index contributed by atoms with van der Waals surface area (Å²) in [4.78, 5) is 2.43. The van der Waals surface area contributed by atoms with Gasteiger partial charge in [-0.05, 0) is 44.7 Å². The zero-order valence-corrected chi connectivity index (χ0v) is 13.7. The van der Waals surface area contributed by atoms with Crippen molar-refractivity contribution in [3.05, 3.63) is 35.4 Å². The van der Waals surface area contributed by atoms with Crippen molar-refractivity contribution in [1.82, 2.24) is 4.90 Å². The van der Waals surface area contributed by atoms with E-state index in [1.165, 1.54) is 24.0 Å². The maximum Gasteiger partial charge on any atom is 0.0506 e. The molecule has 1 heterocycles. The molecule has 2 N–H and O–H groups in total. The van der Waals surface area contributed by atoms with Gasteiger partial charge in [-0.3, -0.25) is 4.90 Å². The third kappa shape index (κ3) is 4.53. The predicted octanol–water partition coefficient (Wildman–Crippen LogP) is 3.13. The molecule has 0 saturated carbocycles. The van der Waals surface area contributed by atoms with Crippen LogP contribution in [0.15, 0.2) is 24.3 Å². The van der Waals surface area contributed by atoms with Crippen molar-refractivity contribution in [3.8, 4) is 0 Å². The molecular formula is C18H30N2O. The molecule has 0 spiro atoms. The average molecular weight is 290 g/mol. The third-order valence-corrected chi connectivity index (χ3v) is 4.57. The fourth-order valence-electron chi connectivity index (χ4n) is 3.29. The number of aryl methyl sites for hydroxylation is 1. The van der Waals surface area contributed by atoms with Gasteiger partial charge in [0, 0.05) is 25.2 Å². The lowest BCUT2D eigenvalue weighted by atomic mass is 9.94. The van der Waals surface area contributed by atoms with Crippen LogP contribution in [0.1, 0.15) is 43.4 Å². The summed E-state index contributed by atoms with van der Waals surface area (Å²) < 4.78 is 5.61. The van der Waals surface area contributed by atoms with Crippen molar-refractivity contribution in [2.24, 2.45) is 11.7 Å². The molecule has 0 amide bonds. The summed E-state index contributed by atoms with van der Waals surface area (Å²) in [7, 11) is 2.20. The minimum atomic E-state index is 0.169. The minimum absolute atomic E-state index is 0.169. The molecular weight excluding hydrogens is 260 g/mol. The molecule has 3 heteroatoms. The number of ether oxygens (including phenoxy) is 1. The van der Waals surface area contributed by atoms with Crippen LogP contribution in [0.25, 0.3) is 0 Å². The quantitative estimate of drug-likeness (QED) is 0.875. The van der Waals surface area contributed by atoms with Crippen molar-refractivity contribution in [3.63, 3.8) is 0 Å². The molecule has 1 saturated heterocycles. The highest BCUT2D eigenvalue weighted by Crippen LogP contribution is 2.26. The van der Waals surface area contributed by atoms with Crippen LogP contribution in [0.2, 0.25) is 0 Å². The molecule has 1 aromatic carbocycles. The predicted molar refractivity (Wildman–Crippen MR) is 88.4 cm³/mol. The largest absolute Gasteiger partial charge is 0.381 e. The number of rotatable bonds is 6. The Balaban J connectivity index is 2.09. The van der Waals surface area contributed by atoms with Gasteiger partial charge in [0.15, 0.2) is 0 Å². The third-order valence-electron chi connectivity index (χ3n) is 4.57. The van der Waals surface area contributed by atoms with Gasteiger partial charge in [-0.1, -0.05) is 36.8 Å². The van der Waals surface area contributed by atoms with E-state index >= 15 is 0 Å². The molecule has 1 aromatic rings. The van der Waals surface area contributed by atoms with E-state index in [-0.39, 0.29) is 12.1 Å². The molecule has 0 aliphatic carbocycles. The van der Waals surface area contributed by atoms with E-state index in [1.807, 2.05) is 0 Å². The van der Waals surface area contributed by atoms with Gasteiger partial charge < -0.3 is 10.5 Å². The fraction of sp³-hybridized carbons (Fsp3) is 0.667. The smallest absolute Gasteiger partial charge is 0.0506 e. The second kappa shape index (κ2) is 7.92. The van der Waals surface area contributed by atoms with Gasteiger partial charge in [0.25, 0.3) is 0 Å². The van der Waals surface area contributed by atoms with Crippen molar-refractivity contribution in [2.45, 2.75) is 45.2 Å². The monoisotopic (exact) mass is 290 g/mol. The Morgan fingerprint density at radius 2 is 2.05 bits per heavy atom. The summed E-state index contributed by atoms with van der Waals surface area (Å²) in [6.07, 6.45) is 3.45. The van der Waals surface area contributed by atoms with Gasteiger partial charge in [-0.15, -0.1) is 0 Å². The van der Waals surface area contributed by atoms with Crippen LogP contribution in [0.4, 0.5) is 0 Å². The van der Waals surface area contributed by atoms with E-state index in [9.17, 15) is 0 Å². The van der Waals surface area contributed by atoms with Crippen LogP contribution in [0.3, 0.4) is 0 Å². The summed E-state index contributed by atoms with van der Waals surface area (Å²) in [5.41, 5.74) is 9.05. The Hall–Kier alpha value is -0.900. The van der Waals surface area contributed by atoms with Gasteiger partial charge in [-0.25, -0.2) is 0 Å². The van der Waals surface area contributed by atoms with Crippen LogP contribution in [0.5, 0.6) is 0 Å². The number of likely N-dealkylation sites (N-methyl/N-ethyl adjacent to an activating group) is 1. The van der Waals surface area contributed by atoms with Gasteiger partial charge >= 0.3 is 0 Å². The van der Waals surface area contributed by atoms with E-state index in [2.05, 4.69) is 50.1 Å². The van der Waals surface area contributed by atoms with E-state index in [0.717, 1.165) is 26.2 Å². The SMILES string of the molecule is CCC(N)C(c1ccc(C)cc1)N(C)CC1CCCOC1. The van der Waals surface area contributed by atoms with Crippen molar-refractivity contribution in [2.75, 3.05) is 26.8 Å². The molecule has 21 heavy (non-hydrogen) atoms. The standard InChI is InChI=1S/C18H30N2O/c1-4-17(19)18(16-9-7-14(2)8-10-16)20(3)12-15-6-5-11-21-13-15/h7-10,15,17-18H,4-6,11-13,19H2,1-3H3. The number of nitrogens with zero attached hydrogens (tertiary/aromatic N) is 1. The van der Waals surface area contributed by atoms with Crippen LogP contribution in [-0.2, 0) is 4.74 Å². The molecule has 1 aliphatic rings. The molecule has 2 rings (SSSR count). The van der Waals surface area contributed by atoms with Crippen molar-refractivity contribution >= 4 is 0 Å².